The van der Waals surface area contributed by atoms with Crippen molar-refractivity contribution in [1.82, 2.24) is 14.9 Å². The highest BCUT2D eigenvalue weighted by Crippen LogP contribution is 2.26. The smallest absolute Gasteiger partial charge is 0.258 e. The molecule has 0 bridgehead atoms. The van der Waals surface area contributed by atoms with Gasteiger partial charge in [0.2, 0.25) is 5.95 Å². The predicted molar refractivity (Wildman–Crippen MR) is 92.6 cm³/mol. The minimum Gasteiger partial charge on any atom is -0.341 e. The number of benzene rings is 1. The summed E-state index contributed by atoms with van der Waals surface area (Å²) in [6.45, 7) is 5.13. The van der Waals surface area contributed by atoms with E-state index in [2.05, 4.69) is 21.8 Å². The van der Waals surface area contributed by atoms with E-state index in [1.165, 1.54) is 12.1 Å². The third kappa shape index (κ3) is 3.21. The van der Waals surface area contributed by atoms with Gasteiger partial charge in [0.1, 0.15) is 5.82 Å². The van der Waals surface area contributed by atoms with Gasteiger partial charge in [0.25, 0.3) is 5.91 Å². The van der Waals surface area contributed by atoms with Gasteiger partial charge in [-0.15, -0.1) is 0 Å². The number of hydrogen-bond donors (Lipinski definition) is 0. The third-order valence-corrected chi connectivity index (χ3v) is 5.07. The summed E-state index contributed by atoms with van der Waals surface area (Å²) in [5, 5.41) is 0. The molecule has 1 saturated heterocycles. The first-order valence-electron chi connectivity index (χ1n) is 8.75. The highest BCUT2D eigenvalue weighted by molar-refractivity contribution is 5.97. The first-order valence-corrected chi connectivity index (χ1v) is 8.75. The highest BCUT2D eigenvalue weighted by Gasteiger charge is 2.30. The molecule has 1 fully saturated rings. The van der Waals surface area contributed by atoms with Gasteiger partial charge < -0.3 is 9.80 Å². The third-order valence-electron chi connectivity index (χ3n) is 5.07. The van der Waals surface area contributed by atoms with E-state index in [0.717, 1.165) is 49.1 Å². The molecule has 0 saturated carbocycles. The van der Waals surface area contributed by atoms with Crippen molar-refractivity contribution in [3.63, 3.8) is 0 Å². The minimum atomic E-state index is -0.272. The maximum Gasteiger partial charge on any atom is 0.258 e. The van der Waals surface area contributed by atoms with Gasteiger partial charge in [0.05, 0.1) is 17.8 Å². The van der Waals surface area contributed by atoms with Gasteiger partial charge in [0.15, 0.2) is 0 Å². The topological polar surface area (TPSA) is 49.3 Å². The van der Waals surface area contributed by atoms with Crippen LogP contribution in [0, 0.1) is 11.7 Å². The molecule has 4 rings (SSSR count). The van der Waals surface area contributed by atoms with Crippen molar-refractivity contribution in [3.8, 4) is 0 Å². The molecule has 0 radical (unpaired) electrons. The van der Waals surface area contributed by atoms with Crippen LogP contribution >= 0.6 is 0 Å². The molecule has 3 heterocycles. The second kappa shape index (κ2) is 6.43. The molecular formula is C19H21FN4O. The lowest BCUT2D eigenvalue weighted by Gasteiger charge is -2.30. The molecule has 0 spiro atoms. The van der Waals surface area contributed by atoms with E-state index in [1.54, 1.807) is 23.2 Å². The van der Waals surface area contributed by atoms with Gasteiger partial charge in [-0.05, 0) is 36.5 Å². The number of aromatic nitrogens is 2. The molecule has 25 heavy (non-hydrogen) atoms. The molecule has 130 valence electrons. The zero-order valence-electron chi connectivity index (χ0n) is 14.3. The standard InChI is InChI=1S/C19H21FN4O/c1-13-6-8-23(9-7-13)19-21-10-16-17(22-19)12-24(18(16)25)11-14-2-4-15(20)5-3-14/h2-5,10,13H,6-9,11-12H2,1H3. The first kappa shape index (κ1) is 16.0. The average Bonchev–Trinajstić information content (AvgIpc) is 2.93. The Morgan fingerprint density at radius 1 is 1.20 bits per heavy atom. The molecular weight excluding hydrogens is 319 g/mol. The van der Waals surface area contributed by atoms with Crippen LogP contribution in [0.3, 0.4) is 0 Å². The second-order valence-electron chi connectivity index (χ2n) is 6.99. The van der Waals surface area contributed by atoms with Crippen LogP contribution in [0.5, 0.6) is 0 Å². The number of fused-ring (bicyclic) bond motifs is 1. The Morgan fingerprint density at radius 3 is 2.64 bits per heavy atom. The largest absolute Gasteiger partial charge is 0.341 e. The van der Waals surface area contributed by atoms with Crippen molar-refractivity contribution in [3.05, 3.63) is 53.1 Å². The Balaban J connectivity index is 1.50. The van der Waals surface area contributed by atoms with Crippen LogP contribution in [0.4, 0.5) is 10.3 Å². The first-order chi connectivity index (χ1) is 12.1. The monoisotopic (exact) mass is 340 g/mol. The quantitative estimate of drug-likeness (QED) is 0.862. The summed E-state index contributed by atoms with van der Waals surface area (Å²) in [6, 6.07) is 6.24. The summed E-state index contributed by atoms with van der Waals surface area (Å²) in [6.07, 6.45) is 3.95. The van der Waals surface area contributed by atoms with E-state index >= 15 is 0 Å². The van der Waals surface area contributed by atoms with Gasteiger partial charge in [0, 0.05) is 25.8 Å². The highest BCUT2D eigenvalue weighted by atomic mass is 19.1. The Labute approximate surface area is 146 Å². The molecule has 1 aromatic heterocycles. The van der Waals surface area contributed by atoms with Crippen LogP contribution in [-0.4, -0.2) is 33.9 Å². The van der Waals surface area contributed by atoms with Gasteiger partial charge in [-0.2, -0.15) is 0 Å². The molecule has 2 aliphatic heterocycles. The molecule has 6 heteroatoms. The normalized spacial score (nSPS) is 17.9. The van der Waals surface area contributed by atoms with Gasteiger partial charge in [-0.3, -0.25) is 4.79 Å². The number of hydrogen-bond acceptors (Lipinski definition) is 4. The Kier molecular flexibility index (Phi) is 4.11. The predicted octanol–water partition coefficient (Wildman–Crippen LogP) is 3.01. The molecule has 1 amide bonds. The van der Waals surface area contributed by atoms with Crippen molar-refractivity contribution in [1.29, 1.82) is 0 Å². The van der Waals surface area contributed by atoms with Crippen molar-refractivity contribution in [2.45, 2.75) is 32.9 Å². The maximum absolute atomic E-state index is 13.0. The second-order valence-corrected chi connectivity index (χ2v) is 6.99. The molecule has 1 aromatic carbocycles. The average molecular weight is 340 g/mol. The molecule has 0 unspecified atom stereocenters. The molecule has 2 aliphatic rings. The van der Waals surface area contributed by atoms with Crippen LogP contribution in [0.2, 0.25) is 0 Å². The van der Waals surface area contributed by atoms with Crippen molar-refractivity contribution < 1.29 is 9.18 Å². The summed E-state index contributed by atoms with van der Waals surface area (Å²) in [4.78, 5) is 25.6. The molecule has 5 nitrogen and oxygen atoms in total. The fourth-order valence-corrected chi connectivity index (χ4v) is 3.43. The summed E-state index contributed by atoms with van der Waals surface area (Å²) in [7, 11) is 0. The Bertz CT molecular complexity index is 785. The van der Waals surface area contributed by atoms with Crippen LogP contribution < -0.4 is 4.90 Å². The zero-order chi connectivity index (χ0) is 17.4. The number of amides is 1. The van der Waals surface area contributed by atoms with Crippen molar-refractivity contribution in [2.75, 3.05) is 18.0 Å². The van der Waals surface area contributed by atoms with Crippen LogP contribution in [0.1, 0.15) is 41.4 Å². The number of rotatable bonds is 3. The van der Waals surface area contributed by atoms with Gasteiger partial charge in [-0.1, -0.05) is 19.1 Å². The SMILES string of the molecule is CC1CCN(c2ncc3c(n2)CN(Cc2ccc(F)cc2)C3=O)CC1. The van der Waals surface area contributed by atoms with Gasteiger partial charge >= 0.3 is 0 Å². The van der Waals surface area contributed by atoms with E-state index in [-0.39, 0.29) is 11.7 Å². The fourth-order valence-electron chi connectivity index (χ4n) is 3.43. The Morgan fingerprint density at radius 2 is 1.92 bits per heavy atom. The molecule has 0 N–H and O–H groups in total. The van der Waals surface area contributed by atoms with Crippen molar-refractivity contribution >= 4 is 11.9 Å². The van der Waals surface area contributed by atoms with Crippen LogP contribution in [0.25, 0.3) is 0 Å². The summed E-state index contributed by atoms with van der Waals surface area (Å²) in [5.74, 6) is 1.14. The van der Waals surface area contributed by atoms with E-state index in [4.69, 9.17) is 0 Å². The summed E-state index contributed by atoms with van der Waals surface area (Å²) in [5.41, 5.74) is 2.27. The number of anilines is 1. The number of piperidine rings is 1. The maximum atomic E-state index is 13.0. The van der Waals surface area contributed by atoms with E-state index in [0.29, 0.717) is 18.7 Å². The van der Waals surface area contributed by atoms with Crippen molar-refractivity contribution in [2.24, 2.45) is 5.92 Å². The van der Waals surface area contributed by atoms with E-state index < -0.39 is 0 Å². The minimum absolute atomic E-state index is 0.0573. The van der Waals surface area contributed by atoms with E-state index in [1.807, 2.05) is 0 Å². The number of halogens is 1. The summed E-state index contributed by atoms with van der Waals surface area (Å²) < 4.78 is 13.0. The van der Waals surface area contributed by atoms with E-state index in [9.17, 15) is 9.18 Å². The number of carbonyl (C=O) groups excluding carboxylic acids is 1. The van der Waals surface area contributed by atoms with Crippen LogP contribution in [-0.2, 0) is 13.1 Å². The molecule has 0 atom stereocenters. The fraction of sp³-hybridized carbons (Fsp3) is 0.421. The lowest BCUT2D eigenvalue weighted by atomic mass is 10.00. The number of carbonyl (C=O) groups is 1. The zero-order valence-corrected chi connectivity index (χ0v) is 14.3. The number of nitrogens with zero attached hydrogens (tertiary/aromatic N) is 4. The molecule has 2 aromatic rings. The lowest BCUT2D eigenvalue weighted by Crippen LogP contribution is -2.34. The van der Waals surface area contributed by atoms with Crippen LogP contribution in [0.15, 0.2) is 30.5 Å². The molecule has 0 aliphatic carbocycles. The van der Waals surface area contributed by atoms with Gasteiger partial charge in [-0.25, -0.2) is 14.4 Å². The Hall–Kier alpha value is -2.50. The summed E-state index contributed by atoms with van der Waals surface area (Å²) >= 11 is 0. The lowest BCUT2D eigenvalue weighted by molar-refractivity contribution is 0.0766.